The number of aromatic nitrogens is 3. The lowest BCUT2D eigenvalue weighted by molar-refractivity contribution is -0.114. The lowest BCUT2D eigenvalue weighted by Crippen LogP contribution is -2.20. The highest BCUT2D eigenvalue weighted by molar-refractivity contribution is 5.87. The van der Waals surface area contributed by atoms with Crippen LogP contribution in [0.4, 0.5) is 11.9 Å². The first-order valence-electron chi connectivity index (χ1n) is 8.45. The number of hydrogen-bond acceptors (Lipinski definition) is 4. The number of hydrogen-bond donors (Lipinski definition) is 2. The minimum absolute atomic E-state index is 0.114. The summed E-state index contributed by atoms with van der Waals surface area (Å²) in [6.45, 7) is 3.51. The van der Waals surface area contributed by atoms with Crippen LogP contribution in [0.2, 0.25) is 0 Å². The van der Waals surface area contributed by atoms with Crippen LogP contribution in [0, 0.1) is 6.92 Å². The molecule has 0 radical (unpaired) electrons. The van der Waals surface area contributed by atoms with Crippen molar-refractivity contribution < 1.29 is 4.79 Å². The lowest BCUT2D eigenvalue weighted by atomic mass is 10.0. The number of allylic oxidation sites excluding steroid dienone is 1. The molecule has 3 aromatic rings. The van der Waals surface area contributed by atoms with Gasteiger partial charge >= 0.3 is 0 Å². The molecule has 4 rings (SSSR count). The molecule has 1 aliphatic rings. The Labute approximate surface area is 151 Å². The van der Waals surface area contributed by atoms with E-state index in [0.29, 0.717) is 11.9 Å². The third-order valence-electron chi connectivity index (χ3n) is 4.26. The van der Waals surface area contributed by atoms with Crippen molar-refractivity contribution >= 4 is 23.5 Å². The number of nitrogens with one attached hydrogen (secondary N) is 2. The maximum atomic E-state index is 11.4. The Morgan fingerprint density at radius 3 is 2.54 bits per heavy atom. The SMILES string of the molecule is CC(=O)Nc1nc2n(n1)[C@@H](c1ccc(C)cc1)C=C(c1ccccc1)N2. The predicted molar refractivity (Wildman–Crippen MR) is 102 cm³/mol. The zero-order valence-corrected chi connectivity index (χ0v) is 14.6. The van der Waals surface area contributed by atoms with Gasteiger partial charge in [0.1, 0.15) is 6.04 Å². The van der Waals surface area contributed by atoms with Gasteiger partial charge in [0.05, 0.1) is 0 Å². The van der Waals surface area contributed by atoms with Gasteiger partial charge in [0.2, 0.25) is 11.9 Å². The molecule has 26 heavy (non-hydrogen) atoms. The van der Waals surface area contributed by atoms with E-state index in [9.17, 15) is 4.79 Å². The first-order chi connectivity index (χ1) is 12.6. The Morgan fingerprint density at radius 2 is 1.85 bits per heavy atom. The Morgan fingerprint density at radius 1 is 1.12 bits per heavy atom. The second kappa shape index (κ2) is 6.48. The van der Waals surface area contributed by atoms with Crippen LogP contribution in [0.15, 0.2) is 60.7 Å². The average molecular weight is 345 g/mol. The van der Waals surface area contributed by atoms with Gasteiger partial charge < -0.3 is 5.32 Å². The first kappa shape index (κ1) is 16.1. The van der Waals surface area contributed by atoms with Crippen molar-refractivity contribution in [3.05, 3.63) is 77.4 Å². The minimum atomic E-state index is -0.198. The van der Waals surface area contributed by atoms with Gasteiger partial charge in [0.15, 0.2) is 0 Å². The summed E-state index contributed by atoms with van der Waals surface area (Å²) in [5.74, 6) is 0.691. The van der Waals surface area contributed by atoms with Gasteiger partial charge in [0.25, 0.3) is 5.95 Å². The van der Waals surface area contributed by atoms with E-state index >= 15 is 0 Å². The van der Waals surface area contributed by atoms with E-state index in [-0.39, 0.29) is 11.9 Å². The number of carbonyl (C=O) groups is 1. The van der Waals surface area contributed by atoms with Crippen molar-refractivity contribution in [2.75, 3.05) is 10.6 Å². The Balaban J connectivity index is 1.80. The Hall–Kier alpha value is -3.41. The summed E-state index contributed by atoms with van der Waals surface area (Å²) in [7, 11) is 0. The van der Waals surface area contributed by atoms with E-state index < -0.39 is 0 Å². The quantitative estimate of drug-likeness (QED) is 0.761. The van der Waals surface area contributed by atoms with E-state index in [1.807, 2.05) is 30.3 Å². The number of aryl methyl sites for hydroxylation is 1. The standard InChI is InChI=1S/C20H19N5O/c1-13-8-10-16(11-9-13)18-12-17(15-6-4-3-5-7-15)22-20-23-19(21-14(2)26)24-25(18)20/h3-12,18H,1-2H3,(H2,21,22,23,24,26)/t18-/m1/s1. The van der Waals surface area contributed by atoms with Crippen LogP contribution >= 0.6 is 0 Å². The van der Waals surface area contributed by atoms with Crippen LogP contribution < -0.4 is 10.6 Å². The molecular formula is C20H19N5O. The summed E-state index contributed by atoms with van der Waals surface area (Å²) < 4.78 is 1.79. The molecule has 6 heteroatoms. The highest BCUT2D eigenvalue weighted by atomic mass is 16.1. The fourth-order valence-electron chi connectivity index (χ4n) is 2.99. The van der Waals surface area contributed by atoms with Gasteiger partial charge in [0, 0.05) is 12.6 Å². The molecule has 1 amide bonds. The molecular weight excluding hydrogens is 326 g/mol. The molecule has 0 bridgehead atoms. The van der Waals surface area contributed by atoms with Gasteiger partial charge in [-0.05, 0) is 24.1 Å². The number of nitrogens with zero attached hydrogens (tertiary/aromatic N) is 3. The van der Waals surface area contributed by atoms with E-state index in [1.54, 1.807) is 4.68 Å². The van der Waals surface area contributed by atoms with Gasteiger partial charge in [-0.25, -0.2) is 4.68 Å². The zero-order valence-electron chi connectivity index (χ0n) is 14.6. The second-order valence-corrected chi connectivity index (χ2v) is 6.31. The van der Waals surface area contributed by atoms with Gasteiger partial charge in [-0.1, -0.05) is 60.2 Å². The topological polar surface area (TPSA) is 71.8 Å². The summed E-state index contributed by atoms with van der Waals surface area (Å²) in [6.07, 6.45) is 2.12. The molecule has 0 unspecified atom stereocenters. The van der Waals surface area contributed by atoms with Crippen molar-refractivity contribution in [2.45, 2.75) is 19.9 Å². The number of rotatable bonds is 3. The van der Waals surface area contributed by atoms with Gasteiger partial charge in [-0.3, -0.25) is 10.1 Å². The average Bonchev–Trinajstić information content (AvgIpc) is 3.04. The lowest BCUT2D eigenvalue weighted by Gasteiger charge is -2.24. The summed E-state index contributed by atoms with van der Waals surface area (Å²) in [6, 6.07) is 18.3. The molecule has 0 aliphatic carbocycles. The molecule has 1 aliphatic heterocycles. The van der Waals surface area contributed by atoms with Crippen LogP contribution in [0.3, 0.4) is 0 Å². The molecule has 1 atom stereocenters. The number of fused-ring (bicyclic) bond motifs is 1. The molecule has 2 heterocycles. The predicted octanol–water partition coefficient (Wildman–Crippen LogP) is 3.60. The smallest absolute Gasteiger partial charge is 0.250 e. The van der Waals surface area contributed by atoms with Crippen LogP contribution in [-0.4, -0.2) is 20.7 Å². The van der Waals surface area contributed by atoms with Gasteiger partial charge in [-0.15, -0.1) is 5.10 Å². The summed E-state index contributed by atoms with van der Waals surface area (Å²) in [5.41, 5.74) is 4.34. The number of benzene rings is 2. The summed E-state index contributed by atoms with van der Waals surface area (Å²) >= 11 is 0. The second-order valence-electron chi connectivity index (χ2n) is 6.31. The maximum Gasteiger partial charge on any atom is 0.250 e. The number of anilines is 2. The number of carbonyl (C=O) groups excluding carboxylic acids is 1. The third-order valence-corrected chi connectivity index (χ3v) is 4.26. The van der Waals surface area contributed by atoms with Crippen LogP contribution in [0.1, 0.15) is 29.7 Å². The van der Waals surface area contributed by atoms with Crippen molar-refractivity contribution in [1.29, 1.82) is 0 Å². The molecule has 130 valence electrons. The maximum absolute atomic E-state index is 11.4. The zero-order chi connectivity index (χ0) is 18.1. The minimum Gasteiger partial charge on any atom is -0.324 e. The molecule has 2 aromatic carbocycles. The first-order valence-corrected chi connectivity index (χ1v) is 8.45. The van der Waals surface area contributed by atoms with Crippen LogP contribution in [0.5, 0.6) is 0 Å². The monoisotopic (exact) mass is 345 g/mol. The molecule has 2 N–H and O–H groups in total. The highest BCUT2D eigenvalue weighted by Gasteiger charge is 2.25. The summed E-state index contributed by atoms with van der Waals surface area (Å²) in [5, 5.41) is 10.4. The molecule has 6 nitrogen and oxygen atoms in total. The molecule has 0 saturated heterocycles. The van der Waals surface area contributed by atoms with E-state index in [1.165, 1.54) is 12.5 Å². The third kappa shape index (κ3) is 3.09. The van der Waals surface area contributed by atoms with Crippen molar-refractivity contribution in [1.82, 2.24) is 14.8 Å². The van der Waals surface area contributed by atoms with Gasteiger partial charge in [-0.2, -0.15) is 4.98 Å². The Bertz CT molecular complexity index is 973. The van der Waals surface area contributed by atoms with Crippen molar-refractivity contribution in [2.24, 2.45) is 0 Å². The largest absolute Gasteiger partial charge is 0.324 e. The van der Waals surface area contributed by atoms with E-state index in [0.717, 1.165) is 16.8 Å². The molecule has 0 spiro atoms. The molecule has 0 fully saturated rings. The van der Waals surface area contributed by atoms with E-state index in [2.05, 4.69) is 58.0 Å². The molecule has 0 saturated carbocycles. The van der Waals surface area contributed by atoms with Crippen molar-refractivity contribution in [3.8, 4) is 0 Å². The fraction of sp³-hybridized carbons (Fsp3) is 0.150. The van der Waals surface area contributed by atoms with Crippen molar-refractivity contribution in [3.63, 3.8) is 0 Å². The fourth-order valence-corrected chi connectivity index (χ4v) is 2.99. The molecule has 1 aromatic heterocycles. The summed E-state index contributed by atoms with van der Waals surface area (Å²) in [4.78, 5) is 15.8. The normalized spacial score (nSPS) is 15.6. The van der Waals surface area contributed by atoms with Crippen LogP contribution in [-0.2, 0) is 4.79 Å². The Kier molecular flexibility index (Phi) is 4.01. The van der Waals surface area contributed by atoms with E-state index in [4.69, 9.17) is 0 Å². The number of amides is 1. The van der Waals surface area contributed by atoms with Crippen LogP contribution in [0.25, 0.3) is 5.70 Å². The highest BCUT2D eigenvalue weighted by Crippen LogP contribution is 2.33.